The van der Waals surface area contributed by atoms with Crippen molar-refractivity contribution < 1.29 is 13.9 Å². The number of ether oxygens (including phenoxy) is 2. The van der Waals surface area contributed by atoms with Gasteiger partial charge in [-0.1, -0.05) is 11.6 Å². The second kappa shape index (κ2) is 9.90. The van der Waals surface area contributed by atoms with Crippen LogP contribution < -0.4 is 9.47 Å². The minimum atomic E-state index is 0.554. The Morgan fingerprint density at radius 1 is 0.906 bits per heavy atom. The topological polar surface area (TPSA) is 47.7 Å². The molecule has 2 aromatic heterocycles. The second-order valence-electron chi connectivity index (χ2n) is 7.61. The number of benzene rings is 2. The number of halogens is 1. The third-order valence-corrected chi connectivity index (χ3v) is 5.40. The van der Waals surface area contributed by atoms with Gasteiger partial charge in [-0.05, 0) is 80.3 Å². The van der Waals surface area contributed by atoms with Crippen LogP contribution in [0.2, 0.25) is 5.02 Å². The molecule has 0 fully saturated rings. The molecule has 0 atom stereocenters. The first-order chi connectivity index (χ1) is 15.5. The van der Waals surface area contributed by atoms with E-state index >= 15 is 0 Å². The summed E-state index contributed by atoms with van der Waals surface area (Å²) >= 11 is 6.23. The Morgan fingerprint density at radius 2 is 1.62 bits per heavy atom. The predicted octanol–water partition coefficient (Wildman–Crippen LogP) is 6.28. The molecule has 0 spiro atoms. The Bertz CT molecular complexity index is 1170. The summed E-state index contributed by atoms with van der Waals surface area (Å²) in [6.45, 7) is 1.50. The number of rotatable bonds is 8. The van der Waals surface area contributed by atoms with E-state index in [0.717, 1.165) is 46.1 Å². The van der Waals surface area contributed by atoms with Crippen LogP contribution in [0.5, 0.6) is 11.5 Å². The van der Waals surface area contributed by atoms with Gasteiger partial charge in [0.05, 0.1) is 12.1 Å². The van der Waals surface area contributed by atoms with Gasteiger partial charge in [-0.3, -0.25) is 4.98 Å². The lowest BCUT2D eigenvalue weighted by molar-refractivity contribution is 0.261. The molecular formula is C26H25ClN2O3. The molecule has 0 bridgehead atoms. The molecule has 32 heavy (non-hydrogen) atoms. The van der Waals surface area contributed by atoms with Crippen LogP contribution in [-0.2, 0) is 0 Å². The van der Waals surface area contributed by atoms with Crippen LogP contribution in [0.25, 0.3) is 33.8 Å². The van der Waals surface area contributed by atoms with Crippen molar-refractivity contribution in [3.63, 3.8) is 0 Å². The Kier molecular flexibility index (Phi) is 6.78. The maximum atomic E-state index is 6.37. The van der Waals surface area contributed by atoms with Gasteiger partial charge in [0.2, 0.25) is 0 Å². The Hall–Kier alpha value is -3.28. The molecule has 0 aliphatic rings. The highest BCUT2D eigenvalue weighted by atomic mass is 35.5. The minimum Gasteiger partial charge on any atom is -0.495 e. The van der Waals surface area contributed by atoms with E-state index in [0.29, 0.717) is 17.4 Å². The molecule has 5 nitrogen and oxygen atoms in total. The summed E-state index contributed by atoms with van der Waals surface area (Å²) in [4.78, 5) is 6.23. The van der Waals surface area contributed by atoms with Crippen LogP contribution in [-0.4, -0.2) is 44.2 Å². The fraction of sp³-hybridized carbons (Fsp3) is 0.192. The highest BCUT2D eigenvalue weighted by Gasteiger charge is 2.17. The number of furan rings is 1. The molecule has 0 radical (unpaired) electrons. The third-order valence-electron chi connectivity index (χ3n) is 5.08. The summed E-state index contributed by atoms with van der Waals surface area (Å²) in [7, 11) is 5.65. The number of pyridine rings is 1. The largest absolute Gasteiger partial charge is 0.495 e. The van der Waals surface area contributed by atoms with Crippen molar-refractivity contribution >= 4 is 11.6 Å². The molecule has 0 unspecified atom stereocenters. The average Bonchev–Trinajstić information content (AvgIpc) is 3.26. The van der Waals surface area contributed by atoms with E-state index in [1.807, 2.05) is 74.8 Å². The van der Waals surface area contributed by atoms with Crippen LogP contribution in [0.4, 0.5) is 0 Å². The third kappa shape index (κ3) is 4.96. The SMILES string of the molecule is COc1cc(-c2oc(-c3ccc(OCCN(C)C)cc3)cc2-c2ccncc2)ccc1Cl. The van der Waals surface area contributed by atoms with Crippen molar-refractivity contribution in [1.82, 2.24) is 9.88 Å². The van der Waals surface area contributed by atoms with Gasteiger partial charge < -0.3 is 18.8 Å². The number of hydrogen-bond donors (Lipinski definition) is 0. The van der Waals surface area contributed by atoms with E-state index in [2.05, 4.69) is 9.88 Å². The molecule has 2 aromatic carbocycles. The summed E-state index contributed by atoms with van der Waals surface area (Å²) in [5.74, 6) is 2.94. The zero-order valence-electron chi connectivity index (χ0n) is 18.3. The van der Waals surface area contributed by atoms with Crippen LogP contribution in [0.3, 0.4) is 0 Å². The van der Waals surface area contributed by atoms with Crippen LogP contribution in [0.15, 0.2) is 77.5 Å². The Morgan fingerprint density at radius 3 is 2.31 bits per heavy atom. The molecule has 4 aromatic rings. The number of methoxy groups -OCH3 is 1. The average molecular weight is 449 g/mol. The summed E-state index contributed by atoms with van der Waals surface area (Å²) in [6.07, 6.45) is 3.54. The molecule has 0 amide bonds. The van der Waals surface area contributed by atoms with Crippen LogP contribution in [0.1, 0.15) is 0 Å². The maximum absolute atomic E-state index is 6.37. The van der Waals surface area contributed by atoms with Crippen LogP contribution in [0, 0.1) is 0 Å². The van der Waals surface area contributed by atoms with Crippen molar-refractivity contribution in [3.8, 4) is 45.3 Å². The Balaban J connectivity index is 1.70. The minimum absolute atomic E-state index is 0.554. The smallest absolute Gasteiger partial charge is 0.142 e. The summed E-state index contributed by atoms with van der Waals surface area (Å²) in [5.41, 5.74) is 3.83. The van der Waals surface area contributed by atoms with Gasteiger partial charge in [0, 0.05) is 35.6 Å². The summed E-state index contributed by atoms with van der Waals surface area (Å²) < 4.78 is 17.6. The quantitative estimate of drug-likeness (QED) is 0.317. The van der Waals surface area contributed by atoms with Crippen LogP contribution >= 0.6 is 11.6 Å². The monoisotopic (exact) mass is 448 g/mol. The highest BCUT2D eigenvalue weighted by molar-refractivity contribution is 6.32. The van der Waals surface area contributed by atoms with Gasteiger partial charge in [-0.2, -0.15) is 0 Å². The van der Waals surface area contributed by atoms with Crippen molar-refractivity contribution in [2.45, 2.75) is 0 Å². The normalized spacial score (nSPS) is 11.0. The number of nitrogens with zero attached hydrogens (tertiary/aromatic N) is 2. The molecular weight excluding hydrogens is 424 g/mol. The van der Waals surface area contributed by atoms with Crippen molar-refractivity contribution in [1.29, 1.82) is 0 Å². The second-order valence-corrected chi connectivity index (χ2v) is 8.02. The van der Waals surface area contributed by atoms with Crippen molar-refractivity contribution in [2.75, 3.05) is 34.4 Å². The molecule has 0 saturated carbocycles. The molecule has 0 aliphatic carbocycles. The molecule has 164 valence electrons. The van der Waals surface area contributed by atoms with Gasteiger partial charge in [0.15, 0.2) is 0 Å². The van der Waals surface area contributed by atoms with E-state index in [9.17, 15) is 0 Å². The lowest BCUT2D eigenvalue weighted by atomic mass is 10.0. The molecule has 2 heterocycles. The van der Waals surface area contributed by atoms with Crippen molar-refractivity contribution in [2.24, 2.45) is 0 Å². The highest BCUT2D eigenvalue weighted by Crippen LogP contribution is 2.41. The van der Waals surface area contributed by atoms with E-state index < -0.39 is 0 Å². The molecule has 0 saturated heterocycles. The van der Waals surface area contributed by atoms with E-state index in [-0.39, 0.29) is 0 Å². The number of likely N-dealkylation sites (N-methyl/N-ethyl adjacent to an activating group) is 1. The van der Waals surface area contributed by atoms with E-state index in [1.165, 1.54) is 0 Å². The molecule has 6 heteroatoms. The maximum Gasteiger partial charge on any atom is 0.142 e. The lowest BCUT2D eigenvalue weighted by Gasteiger charge is -2.11. The zero-order valence-corrected chi connectivity index (χ0v) is 19.1. The van der Waals surface area contributed by atoms with Gasteiger partial charge in [-0.15, -0.1) is 0 Å². The van der Waals surface area contributed by atoms with E-state index in [1.54, 1.807) is 19.5 Å². The zero-order chi connectivity index (χ0) is 22.5. The molecule has 0 N–H and O–H groups in total. The number of aromatic nitrogens is 1. The fourth-order valence-corrected chi connectivity index (χ4v) is 3.55. The fourth-order valence-electron chi connectivity index (χ4n) is 3.36. The predicted molar refractivity (Wildman–Crippen MR) is 128 cm³/mol. The summed E-state index contributed by atoms with van der Waals surface area (Å²) in [6, 6.07) is 19.5. The number of hydrogen-bond acceptors (Lipinski definition) is 5. The Labute approximate surface area is 193 Å². The van der Waals surface area contributed by atoms with E-state index in [4.69, 9.17) is 25.5 Å². The summed E-state index contributed by atoms with van der Waals surface area (Å²) in [5, 5.41) is 0.554. The first-order valence-corrected chi connectivity index (χ1v) is 10.7. The molecule has 0 aliphatic heterocycles. The van der Waals surface area contributed by atoms with Gasteiger partial charge >= 0.3 is 0 Å². The lowest BCUT2D eigenvalue weighted by Crippen LogP contribution is -2.19. The van der Waals surface area contributed by atoms with Gasteiger partial charge in [-0.25, -0.2) is 0 Å². The molecule has 4 rings (SSSR count). The van der Waals surface area contributed by atoms with Gasteiger partial charge in [0.1, 0.15) is 29.6 Å². The van der Waals surface area contributed by atoms with Crippen molar-refractivity contribution in [3.05, 3.63) is 78.1 Å². The standard InChI is InChI=1S/C26H25ClN2O3/c1-29(2)14-15-31-21-7-4-19(5-8-21)24-17-22(18-10-12-28-13-11-18)26(32-24)20-6-9-23(27)25(16-20)30-3/h4-13,16-17H,14-15H2,1-3H3. The first-order valence-electron chi connectivity index (χ1n) is 10.3. The van der Waals surface area contributed by atoms with Gasteiger partial charge in [0.25, 0.3) is 0 Å². The first kappa shape index (κ1) is 21.9.